The first-order valence-electron chi connectivity index (χ1n) is 14.1. The Morgan fingerprint density at radius 1 is 0.907 bits per heavy atom. The molecule has 1 spiro atoms. The Hall–Kier alpha value is -4.39. The largest absolute Gasteiger partial charge is 0.493 e. The first-order valence-corrected chi connectivity index (χ1v) is 14.8. The van der Waals surface area contributed by atoms with E-state index in [0.29, 0.717) is 34.2 Å². The Morgan fingerprint density at radius 2 is 1.65 bits per heavy atom. The van der Waals surface area contributed by atoms with Gasteiger partial charge in [0.05, 0.1) is 29.2 Å². The Morgan fingerprint density at radius 3 is 2.47 bits per heavy atom. The number of Topliss-reactive ketones (excluding diaryl/α,β-unsaturated/α-hetero) is 2. The molecule has 0 unspecified atom stereocenters. The minimum Gasteiger partial charge on any atom is -0.493 e. The van der Waals surface area contributed by atoms with Crippen molar-refractivity contribution in [1.82, 2.24) is 4.90 Å². The highest BCUT2D eigenvalue weighted by atomic mass is 35.5. The van der Waals surface area contributed by atoms with Gasteiger partial charge in [-0.1, -0.05) is 77.8 Å². The molecule has 8 heteroatoms. The maximum atomic E-state index is 15.1. The van der Waals surface area contributed by atoms with Gasteiger partial charge in [0.25, 0.3) is 0 Å². The van der Waals surface area contributed by atoms with Crippen LogP contribution in [0.4, 0.5) is 5.69 Å². The molecule has 4 aromatic carbocycles. The zero-order chi connectivity index (χ0) is 29.9. The van der Waals surface area contributed by atoms with Crippen molar-refractivity contribution in [3.8, 4) is 5.75 Å². The molecular formula is C35H26Cl2N2O4. The van der Waals surface area contributed by atoms with E-state index in [2.05, 4.69) is 5.32 Å². The van der Waals surface area contributed by atoms with Crippen molar-refractivity contribution in [2.75, 3.05) is 11.9 Å². The lowest BCUT2D eigenvalue weighted by atomic mass is 9.62. The molecule has 3 aliphatic heterocycles. The van der Waals surface area contributed by atoms with Crippen molar-refractivity contribution in [3.63, 3.8) is 0 Å². The van der Waals surface area contributed by atoms with Crippen LogP contribution in [-0.2, 0) is 10.2 Å². The standard InChI is InChI=1S/C35H26Cl2N2O4/c1-2-43-28-14-8-5-11-24(28)31(40)29-30(32(41)23-16-15-21(36)19-26(23)37)39-18-17-20-9-3-4-10-22(20)33(39)35(29)25-12-6-7-13-27(25)38-34(35)42/h3-19,29-30,33H,2H2,1H3,(H,38,42)/t29-,30+,33-,35-/m0/s1. The number of fused-ring (bicyclic) bond motifs is 6. The van der Waals surface area contributed by atoms with Crippen LogP contribution in [0.1, 0.15) is 50.4 Å². The number of benzene rings is 4. The quantitative estimate of drug-likeness (QED) is 0.231. The van der Waals surface area contributed by atoms with E-state index in [1.54, 1.807) is 36.4 Å². The molecule has 3 aliphatic rings. The summed E-state index contributed by atoms with van der Waals surface area (Å²) in [5.74, 6) is -1.82. The number of carbonyl (C=O) groups is 3. The average Bonchev–Trinajstić information content (AvgIpc) is 3.49. The Balaban J connectivity index is 1.55. The van der Waals surface area contributed by atoms with E-state index in [1.165, 1.54) is 6.07 Å². The molecule has 4 aromatic rings. The molecule has 0 radical (unpaired) electrons. The summed E-state index contributed by atoms with van der Waals surface area (Å²) in [4.78, 5) is 46.3. The van der Waals surface area contributed by atoms with Crippen molar-refractivity contribution in [1.29, 1.82) is 0 Å². The van der Waals surface area contributed by atoms with Crippen LogP contribution in [0.25, 0.3) is 6.08 Å². The van der Waals surface area contributed by atoms with E-state index in [-0.39, 0.29) is 28.1 Å². The second-order valence-corrected chi connectivity index (χ2v) is 11.7. The normalized spacial score (nSPS) is 23.0. The SMILES string of the molecule is CCOc1ccccc1C(=O)[C@@H]1[C@H](C(=O)c2ccc(Cl)cc2Cl)N2C=Cc3ccccc3[C@H]2[C@@]12C(=O)Nc1ccccc12. The van der Waals surface area contributed by atoms with Gasteiger partial charge in [0.2, 0.25) is 5.91 Å². The molecule has 1 amide bonds. The summed E-state index contributed by atoms with van der Waals surface area (Å²) >= 11 is 12.8. The first kappa shape index (κ1) is 27.4. The van der Waals surface area contributed by atoms with Gasteiger partial charge < -0.3 is 15.0 Å². The number of nitrogens with one attached hydrogen (secondary N) is 1. The minimum atomic E-state index is -1.45. The van der Waals surface area contributed by atoms with Gasteiger partial charge >= 0.3 is 0 Å². The van der Waals surface area contributed by atoms with Gasteiger partial charge in [-0.25, -0.2) is 0 Å². The maximum absolute atomic E-state index is 15.1. The zero-order valence-corrected chi connectivity index (χ0v) is 24.6. The lowest BCUT2D eigenvalue weighted by Gasteiger charge is -2.38. The topological polar surface area (TPSA) is 75.7 Å². The first-order chi connectivity index (χ1) is 20.9. The minimum absolute atomic E-state index is 0.175. The Bertz CT molecular complexity index is 1850. The second kappa shape index (κ2) is 10.4. The lowest BCUT2D eigenvalue weighted by Crippen LogP contribution is -2.49. The lowest BCUT2D eigenvalue weighted by molar-refractivity contribution is -0.122. The number of anilines is 1. The van der Waals surface area contributed by atoms with Crippen molar-refractivity contribution in [3.05, 3.63) is 135 Å². The number of carbonyl (C=O) groups excluding carboxylic acids is 3. The molecular weight excluding hydrogens is 583 g/mol. The molecule has 4 atom stereocenters. The number of para-hydroxylation sites is 2. The zero-order valence-electron chi connectivity index (χ0n) is 23.1. The summed E-state index contributed by atoms with van der Waals surface area (Å²) in [6, 6.07) is 25.1. The summed E-state index contributed by atoms with van der Waals surface area (Å²) < 4.78 is 5.88. The van der Waals surface area contributed by atoms with Crippen LogP contribution in [-0.4, -0.2) is 35.0 Å². The van der Waals surface area contributed by atoms with Crippen LogP contribution >= 0.6 is 23.2 Å². The molecule has 1 saturated heterocycles. The van der Waals surface area contributed by atoms with Crippen LogP contribution in [0.15, 0.2) is 97.2 Å². The molecule has 7 rings (SSSR count). The molecule has 214 valence electrons. The monoisotopic (exact) mass is 608 g/mol. The van der Waals surface area contributed by atoms with Crippen molar-refractivity contribution in [2.45, 2.75) is 24.4 Å². The Kier molecular flexibility index (Phi) is 6.64. The summed E-state index contributed by atoms with van der Waals surface area (Å²) in [5, 5.41) is 3.62. The number of rotatable bonds is 6. The number of hydrogen-bond donors (Lipinski definition) is 1. The predicted molar refractivity (Wildman–Crippen MR) is 167 cm³/mol. The molecule has 3 heterocycles. The highest BCUT2D eigenvalue weighted by molar-refractivity contribution is 6.37. The number of ketones is 2. The third-order valence-electron chi connectivity index (χ3n) is 8.77. The summed E-state index contributed by atoms with van der Waals surface area (Å²) in [5.41, 5.74) is 2.14. The van der Waals surface area contributed by atoms with E-state index in [9.17, 15) is 9.59 Å². The molecule has 0 saturated carbocycles. The van der Waals surface area contributed by atoms with Crippen molar-refractivity contribution >= 4 is 52.4 Å². The molecule has 43 heavy (non-hydrogen) atoms. The summed E-state index contributed by atoms with van der Waals surface area (Å²) in [6.07, 6.45) is 3.75. The highest BCUT2D eigenvalue weighted by Crippen LogP contribution is 2.62. The second-order valence-electron chi connectivity index (χ2n) is 10.9. The van der Waals surface area contributed by atoms with Crippen LogP contribution < -0.4 is 10.1 Å². The van der Waals surface area contributed by atoms with E-state index >= 15 is 4.79 Å². The van der Waals surface area contributed by atoms with Crippen LogP contribution in [0.5, 0.6) is 5.75 Å². The molecule has 0 aromatic heterocycles. The molecule has 1 fully saturated rings. The van der Waals surface area contributed by atoms with Gasteiger partial charge in [-0.3, -0.25) is 14.4 Å². The number of hydrogen-bond acceptors (Lipinski definition) is 5. The molecule has 1 N–H and O–H groups in total. The van der Waals surface area contributed by atoms with E-state index in [1.807, 2.05) is 72.6 Å². The van der Waals surface area contributed by atoms with Gasteiger partial charge in [-0.15, -0.1) is 0 Å². The van der Waals surface area contributed by atoms with Gasteiger partial charge in [-0.05, 0) is 66.1 Å². The number of halogens is 2. The molecule has 6 nitrogen and oxygen atoms in total. The van der Waals surface area contributed by atoms with Crippen molar-refractivity contribution < 1.29 is 19.1 Å². The fourth-order valence-electron chi connectivity index (χ4n) is 7.14. The van der Waals surface area contributed by atoms with Crippen LogP contribution in [0.3, 0.4) is 0 Å². The van der Waals surface area contributed by atoms with E-state index in [0.717, 1.165) is 11.1 Å². The number of ether oxygens (including phenoxy) is 1. The third-order valence-corrected chi connectivity index (χ3v) is 9.32. The summed E-state index contributed by atoms with van der Waals surface area (Å²) in [6.45, 7) is 2.19. The molecule has 0 aliphatic carbocycles. The van der Waals surface area contributed by atoms with Crippen LogP contribution in [0, 0.1) is 5.92 Å². The average molecular weight is 610 g/mol. The fraction of sp³-hybridized carbons (Fsp3) is 0.171. The van der Waals surface area contributed by atoms with Gasteiger partial charge in [0, 0.05) is 22.5 Å². The number of amides is 1. The number of nitrogens with zero attached hydrogens (tertiary/aromatic N) is 1. The smallest absolute Gasteiger partial charge is 0.238 e. The third kappa shape index (κ3) is 3.97. The summed E-state index contributed by atoms with van der Waals surface area (Å²) in [7, 11) is 0. The maximum Gasteiger partial charge on any atom is 0.238 e. The Labute approximate surface area is 258 Å². The van der Waals surface area contributed by atoms with Gasteiger partial charge in [0.15, 0.2) is 11.6 Å². The molecule has 0 bridgehead atoms. The van der Waals surface area contributed by atoms with Crippen molar-refractivity contribution in [2.24, 2.45) is 5.92 Å². The van der Waals surface area contributed by atoms with E-state index in [4.69, 9.17) is 27.9 Å². The van der Waals surface area contributed by atoms with Gasteiger partial charge in [0.1, 0.15) is 17.2 Å². The highest BCUT2D eigenvalue weighted by Gasteiger charge is 2.71. The van der Waals surface area contributed by atoms with Gasteiger partial charge in [-0.2, -0.15) is 0 Å². The van der Waals surface area contributed by atoms with E-state index < -0.39 is 23.4 Å². The predicted octanol–water partition coefficient (Wildman–Crippen LogP) is 7.37. The fourth-order valence-corrected chi connectivity index (χ4v) is 7.64. The van der Waals surface area contributed by atoms with Crippen LogP contribution in [0.2, 0.25) is 10.0 Å².